The van der Waals surface area contributed by atoms with E-state index in [-0.39, 0.29) is 5.92 Å². The first-order chi connectivity index (χ1) is 12.0. The lowest BCUT2D eigenvalue weighted by Crippen LogP contribution is -2.45. The number of likely N-dealkylation sites (tertiary alicyclic amines) is 1. The Morgan fingerprint density at radius 3 is 2.48 bits per heavy atom. The summed E-state index contributed by atoms with van der Waals surface area (Å²) in [4.78, 5) is 25.2. The number of amides is 2. The Bertz CT molecular complexity index is 567. The number of aliphatic hydroxyl groups is 2. The Kier molecular flexibility index (Phi) is 7.21. The number of piperidine rings is 1. The van der Waals surface area contributed by atoms with Crippen LogP contribution in [0.5, 0.6) is 0 Å². The Balaban J connectivity index is 1.69. The number of hydrogen-bond acceptors (Lipinski definition) is 5. The fraction of sp³-hybridized carbons (Fsp3) is 0.556. The minimum Gasteiger partial charge on any atom is -0.449 e. The predicted octanol–water partition coefficient (Wildman–Crippen LogP) is 1.39. The summed E-state index contributed by atoms with van der Waals surface area (Å²) in [6, 6.07) is 7.61. The number of benzene rings is 1. The van der Waals surface area contributed by atoms with Gasteiger partial charge in [-0.2, -0.15) is 0 Å². The van der Waals surface area contributed by atoms with Gasteiger partial charge < -0.3 is 19.8 Å². The Labute approximate surface area is 147 Å². The molecule has 0 aromatic heterocycles. The number of anilines is 1. The van der Waals surface area contributed by atoms with Gasteiger partial charge in [0, 0.05) is 18.8 Å². The van der Waals surface area contributed by atoms with Crippen molar-refractivity contribution in [1.29, 1.82) is 0 Å². The van der Waals surface area contributed by atoms with Crippen molar-refractivity contribution in [1.82, 2.24) is 4.90 Å². The van der Waals surface area contributed by atoms with Crippen LogP contribution in [0.25, 0.3) is 0 Å². The maximum absolute atomic E-state index is 11.9. The van der Waals surface area contributed by atoms with E-state index in [1.807, 2.05) is 24.3 Å². The highest BCUT2D eigenvalue weighted by molar-refractivity contribution is 5.84. The van der Waals surface area contributed by atoms with Crippen molar-refractivity contribution in [2.24, 2.45) is 5.92 Å². The van der Waals surface area contributed by atoms with Crippen LogP contribution in [-0.2, 0) is 16.0 Å². The van der Waals surface area contributed by atoms with Crippen molar-refractivity contribution < 1.29 is 24.5 Å². The highest BCUT2D eigenvalue weighted by Gasteiger charge is 2.27. The van der Waals surface area contributed by atoms with Gasteiger partial charge in [0.15, 0.2) is 6.10 Å². The average Bonchev–Trinajstić information content (AvgIpc) is 2.66. The second kappa shape index (κ2) is 9.39. The maximum atomic E-state index is 11.9. The van der Waals surface area contributed by atoms with Crippen LogP contribution in [0.4, 0.5) is 10.5 Å². The molecule has 1 aliphatic heterocycles. The minimum atomic E-state index is -1.35. The Morgan fingerprint density at radius 2 is 1.92 bits per heavy atom. The topological polar surface area (TPSA) is 99.1 Å². The molecule has 1 aromatic carbocycles. The van der Waals surface area contributed by atoms with E-state index in [9.17, 15) is 14.7 Å². The average molecular weight is 350 g/mol. The van der Waals surface area contributed by atoms with Crippen LogP contribution in [0.15, 0.2) is 24.3 Å². The molecule has 1 aromatic rings. The first-order valence-electron chi connectivity index (χ1n) is 8.64. The van der Waals surface area contributed by atoms with Gasteiger partial charge in [-0.05, 0) is 42.9 Å². The minimum absolute atomic E-state index is 0.184. The number of aryl methyl sites for hydroxylation is 1. The third-order valence-corrected chi connectivity index (χ3v) is 4.44. The number of aliphatic hydroxyl groups excluding tert-OH is 2. The van der Waals surface area contributed by atoms with Crippen LogP contribution in [0.3, 0.4) is 0 Å². The van der Waals surface area contributed by atoms with Crippen molar-refractivity contribution in [3.05, 3.63) is 29.8 Å². The molecule has 0 bridgehead atoms. The second-order valence-corrected chi connectivity index (χ2v) is 6.24. The smallest absolute Gasteiger partial charge is 0.411 e. The van der Waals surface area contributed by atoms with Gasteiger partial charge in [-0.1, -0.05) is 19.1 Å². The molecule has 0 radical (unpaired) electrons. The fourth-order valence-electron chi connectivity index (χ4n) is 2.78. The van der Waals surface area contributed by atoms with E-state index in [0.29, 0.717) is 38.2 Å². The number of carbonyl (C=O) groups is 2. The molecule has 2 rings (SSSR count). The first-order valence-corrected chi connectivity index (χ1v) is 8.64. The zero-order chi connectivity index (χ0) is 18.2. The number of nitrogens with one attached hydrogen (secondary N) is 1. The number of hydrogen-bond donors (Lipinski definition) is 3. The van der Waals surface area contributed by atoms with E-state index in [2.05, 4.69) is 12.2 Å². The summed E-state index contributed by atoms with van der Waals surface area (Å²) in [5.41, 5.74) is 1.90. The first kappa shape index (κ1) is 19.2. The molecule has 0 aliphatic carbocycles. The summed E-state index contributed by atoms with van der Waals surface area (Å²) < 4.78 is 5.26. The summed E-state index contributed by atoms with van der Waals surface area (Å²) in [5.74, 6) is -0.265. The molecule has 25 heavy (non-hydrogen) atoms. The molecule has 1 heterocycles. The molecule has 7 nitrogen and oxygen atoms in total. The van der Waals surface area contributed by atoms with Crippen molar-refractivity contribution in [2.45, 2.75) is 32.3 Å². The summed E-state index contributed by atoms with van der Waals surface area (Å²) in [5, 5.41) is 20.9. The van der Waals surface area contributed by atoms with Crippen LogP contribution in [-0.4, -0.2) is 59.5 Å². The number of rotatable bonds is 6. The third-order valence-electron chi connectivity index (χ3n) is 4.44. The van der Waals surface area contributed by atoms with Gasteiger partial charge in [0.2, 0.25) is 0 Å². The molecule has 1 fully saturated rings. The maximum Gasteiger partial charge on any atom is 0.411 e. The molecule has 138 valence electrons. The second-order valence-electron chi connectivity index (χ2n) is 6.24. The molecule has 1 aliphatic rings. The number of carbonyl (C=O) groups excluding carboxylic acids is 2. The normalized spacial score (nSPS) is 16.4. The van der Waals surface area contributed by atoms with E-state index in [1.165, 1.54) is 10.5 Å². The quantitative estimate of drug-likeness (QED) is 0.720. The van der Waals surface area contributed by atoms with E-state index in [4.69, 9.17) is 9.84 Å². The van der Waals surface area contributed by atoms with Gasteiger partial charge in [-0.15, -0.1) is 0 Å². The number of nitrogens with zero attached hydrogens (tertiary/aromatic N) is 1. The van der Waals surface area contributed by atoms with E-state index in [0.717, 1.165) is 6.42 Å². The lowest BCUT2D eigenvalue weighted by atomic mass is 9.97. The van der Waals surface area contributed by atoms with Gasteiger partial charge in [0.25, 0.3) is 5.91 Å². The molecule has 3 N–H and O–H groups in total. The van der Waals surface area contributed by atoms with Gasteiger partial charge >= 0.3 is 6.09 Å². The largest absolute Gasteiger partial charge is 0.449 e. The van der Waals surface area contributed by atoms with E-state index < -0.39 is 24.7 Å². The zero-order valence-corrected chi connectivity index (χ0v) is 14.5. The van der Waals surface area contributed by atoms with Crippen molar-refractivity contribution in [3.8, 4) is 0 Å². The molecule has 1 unspecified atom stereocenters. The summed E-state index contributed by atoms with van der Waals surface area (Å²) in [6.45, 7) is 2.78. The van der Waals surface area contributed by atoms with Crippen molar-refractivity contribution in [2.75, 3.05) is 31.6 Å². The Hall–Kier alpha value is -2.12. The van der Waals surface area contributed by atoms with E-state index >= 15 is 0 Å². The zero-order valence-electron chi connectivity index (χ0n) is 14.5. The molecular formula is C18H26N2O5. The van der Waals surface area contributed by atoms with E-state index in [1.54, 1.807) is 0 Å². The molecule has 0 saturated carbocycles. The van der Waals surface area contributed by atoms with Crippen LogP contribution in [0, 0.1) is 5.92 Å². The van der Waals surface area contributed by atoms with Crippen LogP contribution >= 0.6 is 0 Å². The highest BCUT2D eigenvalue weighted by atomic mass is 16.5. The SMILES string of the molecule is CCc1ccc(NC(=O)OCC2CCN(C(=O)C(O)CO)CC2)cc1. The van der Waals surface area contributed by atoms with Crippen LogP contribution in [0.2, 0.25) is 0 Å². The van der Waals surface area contributed by atoms with Gasteiger partial charge in [-0.25, -0.2) is 4.79 Å². The predicted molar refractivity (Wildman–Crippen MR) is 93.2 cm³/mol. The Morgan fingerprint density at radius 1 is 1.28 bits per heavy atom. The van der Waals surface area contributed by atoms with Gasteiger partial charge in [0.1, 0.15) is 0 Å². The number of ether oxygens (including phenoxy) is 1. The molecule has 2 amide bonds. The monoisotopic (exact) mass is 350 g/mol. The molecule has 1 atom stereocenters. The van der Waals surface area contributed by atoms with Gasteiger partial charge in [-0.3, -0.25) is 10.1 Å². The van der Waals surface area contributed by atoms with Gasteiger partial charge in [0.05, 0.1) is 13.2 Å². The fourth-order valence-corrected chi connectivity index (χ4v) is 2.78. The van der Waals surface area contributed by atoms with Crippen LogP contribution < -0.4 is 5.32 Å². The lowest BCUT2D eigenvalue weighted by molar-refractivity contribution is -0.143. The summed E-state index contributed by atoms with van der Waals surface area (Å²) in [7, 11) is 0. The summed E-state index contributed by atoms with van der Waals surface area (Å²) >= 11 is 0. The third kappa shape index (κ3) is 5.72. The molecular weight excluding hydrogens is 324 g/mol. The highest BCUT2D eigenvalue weighted by Crippen LogP contribution is 2.18. The molecule has 7 heteroatoms. The molecule has 0 spiro atoms. The van der Waals surface area contributed by atoms with Crippen molar-refractivity contribution >= 4 is 17.7 Å². The van der Waals surface area contributed by atoms with Crippen LogP contribution in [0.1, 0.15) is 25.3 Å². The lowest BCUT2D eigenvalue weighted by Gasteiger charge is -2.32. The molecule has 1 saturated heterocycles. The van der Waals surface area contributed by atoms with Crippen molar-refractivity contribution in [3.63, 3.8) is 0 Å². The standard InChI is InChI=1S/C18H26N2O5/c1-2-13-3-5-15(6-4-13)19-18(24)25-12-14-7-9-20(10-8-14)17(23)16(22)11-21/h3-6,14,16,21-22H,2,7-12H2,1H3,(H,19,24). The summed E-state index contributed by atoms with van der Waals surface area (Å²) in [6.07, 6.45) is 0.502.